The minimum absolute atomic E-state index is 0.0569. The summed E-state index contributed by atoms with van der Waals surface area (Å²) in [7, 11) is 0. The van der Waals surface area contributed by atoms with Crippen molar-refractivity contribution in [1.82, 2.24) is 15.5 Å². The second kappa shape index (κ2) is 18.8. The normalized spacial score (nSPS) is 12.7. The maximum atomic E-state index is 14.5. The highest BCUT2D eigenvalue weighted by Gasteiger charge is 2.36. The number of aromatic hydroxyl groups is 2. The Morgan fingerprint density at radius 3 is 1.93 bits per heavy atom. The zero-order valence-electron chi connectivity index (χ0n) is 27.2. The predicted octanol–water partition coefficient (Wildman–Crippen LogP) is 6.77. The van der Waals surface area contributed by atoms with Gasteiger partial charge in [0.25, 0.3) is 0 Å². The zero-order chi connectivity index (χ0) is 32.5. The van der Waals surface area contributed by atoms with Crippen molar-refractivity contribution < 1.29 is 29.3 Å². The van der Waals surface area contributed by atoms with E-state index in [0.29, 0.717) is 25.1 Å². The van der Waals surface area contributed by atoms with Gasteiger partial charge < -0.3 is 30.5 Å². The van der Waals surface area contributed by atoms with Crippen LogP contribution in [0.5, 0.6) is 11.5 Å². The third-order valence-corrected chi connectivity index (χ3v) is 7.25. The number of alkyl carbamates (subject to hydrolysis) is 1. The number of phenols is 2. The van der Waals surface area contributed by atoms with E-state index in [1.54, 1.807) is 49.9 Å². The smallest absolute Gasteiger partial charge is 0.408 e. The lowest BCUT2D eigenvalue weighted by Crippen LogP contribution is -2.54. The van der Waals surface area contributed by atoms with Gasteiger partial charge in [-0.15, -0.1) is 0 Å². The number of hydrogen-bond donors (Lipinski definition) is 4. The van der Waals surface area contributed by atoms with Crippen LogP contribution in [-0.4, -0.2) is 57.8 Å². The fourth-order valence-electron chi connectivity index (χ4n) is 4.96. The van der Waals surface area contributed by atoms with Crippen LogP contribution in [-0.2, 0) is 20.7 Å². The number of carbonyl (C=O) groups is 3. The monoisotopic (exact) mass is 611 g/mol. The number of unbranched alkanes of at least 4 members (excludes halogenated alkanes) is 7. The summed E-state index contributed by atoms with van der Waals surface area (Å²) in [5, 5.41) is 25.5. The molecule has 0 saturated carbocycles. The summed E-state index contributed by atoms with van der Waals surface area (Å²) < 4.78 is 5.50. The van der Waals surface area contributed by atoms with Gasteiger partial charge in [-0.25, -0.2) is 4.79 Å². The molecule has 0 fully saturated rings. The summed E-state index contributed by atoms with van der Waals surface area (Å²) in [6.07, 6.45) is 8.18. The van der Waals surface area contributed by atoms with Crippen LogP contribution in [0.15, 0.2) is 48.5 Å². The molecule has 9 nitrogen and oxygen atoms in total. The van der Waals surface area contributed by atoms with Gasteiger partial charge in [0, 0.05) is 19.5 Å². The van der Waals surface area contributed by atoms with Gasteiger partial charge in [-0.1, -0.05) is 83.1 Å². The van der Waals surface area contributed by atoms with Gasteiger partial charge in [0.05, 0.1) is 0 Å². The standard InChI is InChI=1S/C35H53N3O6/c1-6-8-10-11-12-14-24-38(31(27-17-21-29(40)22-18-27)32(41)36-23-13-9-7-2)33(42)30(37-34(43)44-35(3,4)5)25-26-15-19-28(39)20-16-26/h15-22,30-31,39-40H,6-14,23-25H2,1-5H3,(H,36,41)(H,37,43). The summed E-state index contributed by atoms with van der Waals surface area (Å²) >= 11 is 0. The first kappa shape index (κ1) is 36.4. The lowest BCUT2D eigenvalue weighted by molar-refractivity contribution is -0.142. The molecule has 2 aromatic rings. The first-order chi connectivity index (χ1) is 20.9. The van der Waals surface area contributed by atoms with Gasteiger partial charge >= 0.3 is 6.09 Å². The molecular formula is C35H53N3O6. The van der Waals surface area contributed by atoms with E-state index in [-0.39, 0.29) is 23.8 Å². The highest BCUT2D eigenvalue weighted by Crippen LogP contribution is 2.26. The third-order valence-electron chi connectivity index (χ3n) is 7.25. The second-order valence-electron chi connectivity index (χ2n) is 12.4. The number of ether oxygens (including phenoxy) is 1. The minimum Gasteiger partial charge on any atom is -0.508 e. The summed E-state index contributed by atoms with van der Waals surface area (Å²) in [5.41, 5.74) is 0.513. The molecule has 3 amide bonds. The number of benzene rings is 2. The van der Waals surface area contributed by atoms with Gasteiger partial charge in [-0.05, 0) is 69.0 Å². The summed E-state index contributed by atoms with van der Waals surface area (Å²) in [6.45, 7) is 10.3. The van der Waals surface area contributed by atoms with E-state index >= 15 is 0 Å². The van der Waals surface area contributed by atoms with Crippen molar-refractivity contribution >= 4 is 17.9 Å². The van der Waals surface area contributed by atoms with Crippen LogP contribution < -0.4 is 10.6 Å². The molecule has 2 rings (SSSR count). The zero-order valence-corrected chi connectivity index (χ0v) is 27.2. The Balaban J connectivity index is 2.49. The topological polar surface area (TPSA) is 128 Å². The SMILES string of the molecule is CCCCCCCCN(C(=O)C(Cc1ccc(O)cc1)NC(=O)OC(C)(C)C)C(C(=O)NCCCCC)c1ccc(O)cc1. The summed E-state index contributed by atoms with van der Waals surface area (Å²) in [5.74, 6) is -0.582. The molecule has 0 aliphatic carbocycles. The minimum atomic E-state index is -1.04. The van der Waals surface area contributed by atoms with Crippen molar-refractivity contribution in [3.05, 3.63) is 59.7 Å². The van der Waals surface area contributed by atoms with Crippen molar-refractivity contribution in [2.45, 2.75) is 117 Å². The Bertz CT molecular complexity index is 1140. The Kier molecular flexibility index (Phi) is 15.6. The molecule has 2 aromatic carbocycles. The molecule has 9 heteroatoms. The average molecular weight is 612 g/mol. The summed E-state index contributed by atoms with van der Waals surface area (Å²) in [6, 6.07) is 10.8. The number of phenolic OH excluding ortho intramolecular Hbond substituents is 2. The molecule has 2 atom stereocenters. The largest absolute Gasteiger partial charge is 0.508 e. The number of rotatable bonds is 18. The molecular weight excluding hydrogens is 558 g/mol. The van der Waals surface area contributed by atoms with E-state index in [4.69, 9.17) is 4.74 Å². The number of nitrogens with one attached hydrogen (secondary N) is 2. The second-order valence-corrected chi connectivity index (χ2v) is 12.4. The van der Waals surface area contributed by atoms with E-state index in [1.165, 1.54) is 24.3 Å². The van der Waals surface area contributed by atoms with Crippen molar-refractivity contribution in [1.29, 1.82) is 0 Å². The fraction of sp³-hybridized carbons (Fsp3) is 0.571. The maximum Gasteiger partial charge on any atom is 0.408 e. The number of nitrogens with zero attached hydrogens (tertiary/aromatic N) is 1. The van der Waals surface area contributed by atoms with Gasteiger partial charge in [-0.2, -0.15) is 0 Å². The average Bonchev–Trinajstić information content (AvgIpc) is 2.96. The molecule has 0 heterocycles. The van der Waals surface area contributed by atoms with E-state index < -0.39 is 29.7 Å². The van der Waals surface area contributed by atoms with Crippen LogP contribution in [0.1, 0.15) is 110 Å². The lowest BCUT2D eigenvalue weighted by atomic mass is 9.99. The molecule has 2 unspecified atom stereocenters. The van der Waals surface area contributed by atoms with E-state index in [0.717, 1.165) is 56.9 Å². The van der Waals surface area contributed by atoms with Gasteiger partial charge in [0.1, 0.15) is 29.2 Å². The molecule has 4 N–H and O–H groups in total. The predicted molar refractivity (Wildman–Crippen MR) is 173 cm³/mol. The number of amides is 3. The quantitative estimate of drug-likeness (QED) is 0.138. The molecule has 0 spiro atoms. The van der Waals surface area contributed by atoms with Crippen molar-refractivity contribution in [2.75, 3.05) is 13.1 Å². The Hall–Kier alpha value is -3.75. The highest BCUT2D eigenvalue weighted by molar-refractivity contribution is 5.92. The van der Waals surface area contributed by atoms with Crippen LogP contribution in [0.25, 0.3) is 0 Å². The van der Waals surface area contributed by atoms with Crippen LogP contribution in [0.3, 0.4) is 0 Å². The molecule has 244 valence electrons. The highest BCUT2D eigenvalue weighted by atomic mass is 16.6. The van der Waals surface area contributed by atoms with E-state index in [9.17, 15) is 24.6 Å². The van der Waals surface area contributed by atoms with Crippen LogP contribution in [0.4, 0.5) is 4.79 Å². The molecule has 0 bridgehead atoms. The summed E-state index contributed by atoms with van der Waals surface area (Å²) in [4.78, 5) is 42.9. The third kappa shape index (κ3) is 13.3. The van der Waals surface area contributed by atoms with Crippen LogP contribution >= 0.6 is 0 Å². The van der Waals surface area contributed by atoms with E-state index in [1.807, 2.05) is 0 Å². The van der Waals surface area contributed by atoms with Crippen molar-refractivity contribution in [3.63, 3.8) is 0 Å². The van der Waals surface area contributed by atoms with Crippen molar-refractivity contribution in [3.8, 4) is 11.5 Å². The van der Waals surface area contributed by atoms with Gasteiger partial charge in [-0.3, -0.25) is 9.59 Å². The van der Waals surface area contributed by atoms with Crippen LogP contribution in [0, 0.1) is 0 Å². The fourth-order valence-corrected chi connectivity index (χ4v) is 4.96. The molecule has 0 saturated heterocycles. The Labute approximate surface area is 263 Å². The van der Waals surface area contributed by atoms with Crippen LogP contribution in [0.2, 0.25) is 0 Å². The maximum absolute atomic E-state index is 14.5. The van der Waals surface area contributed by atoms with Gasteiger partial charge in [0.15, 0.2) is 0 Å². The molecule has 0 aliphatic rings. The number of hydrogen-bond acceptors (Lipinski definition) is 6. The van der Waals surface area contributed by atoms with E-state index in [2.05, 4.69) is 24.5 Å². The lowest BCUT2D eigenvalue weighted by Gasteiger charge is -2.35. The van der Waals surface area contributed by atoms with Gasteiger partial charge in [0.2, 0.25) is 11.8 Å². The molecule has 0 aromatic heterocycles. The molecule has 0 radical (unpaired) electrons. The number of carbonyl (C=O) groups excluding carboxylic acids is 3. The first-order valence-electron chi connectivity index (χ1n) is 16.1. The molecule has 44 heavy (non-hydrogen) atoms. The first-order valence-corrected chi connectivity index (χ1v) is 16.1. The molecule has 0 aliphatic heterocycles. The Morgan fingerprint density at radius 1 is 0.795 bits per heavy atom. The van der Waals surface area contributed by atoms with Crippen molar-refractivity contribution in [2.24, 2.45) is 0 Å². The Morgan fingerprint density at radius 2 is 1.34 bits per heavy atom.